The van der Waals surface area contributed by atoms with E-state index in [1.807, 2.05) is 0 Å². The van der Waals surface area contributed by atoms with Crippen LogP contribution in [0.4, 0.5) is 0 Å². The van der Waals surface area contributed by atoms with Gasteiger partial charge in [-0.1, -0.05) is 53.6 Å². The topological polar surface area (TPSA) is 25.8 Å². The smallest absolute Gasteiger partial charge is 0.116 e. The summed E-state index contributed by atoms with van der Waals surface area (Å²) in [6.45, 7) is 4.26. The molecule has 0 saturated heterocycles. The van der Waals surface area contributed by atoms with Crippen LogP contribution < -0.4 is 0 Å². The molecule has 3 aromatic carbocycles. The van der Waals surface area contributed by atoms with Crippen LogP contribution in [0.25, 0.3) is 42.3 Å². The summed E-state index contributed by atoms with van der Waals surface area (Å²) in [6, 6.07) is 19.5. The van der Waals surface area contributed by atoms with Crippen LogP contribution in [0.1, 0.15) is 11.1 Å². The Kier molecular flexibility index (Phi) is 3.12. The van der Waals surface area contributed by atoms with Crippen molar-refractivity contribution >= 4 is 42.4 Å². The minimum atomic E-state index is 1.03. The van der Waals surface area contributed by atoms with Crippen LogP contribution >= 0.6 is 11.3 Å². The standard InChI is InChI=1S/C22H16N2S/c1-13-9-14(2)11-16(10-13)19-22-20(24-12-23-19)18-8-7-15-5-3-4-6-17(15)21(18)25-22/h3-12H,1-2H3. The van der Waals surface area contributed by atoms with E-state index in [1.165, 1.54) is 42.2 Å². The minimum Gasteiger partial charge on any atom is -0.235 e. The van der Waals surface area contributed by atoms with Gasteiger partial charge in [0.05, 0.1) is 15.9 Å². The van der Waals surface area contributed by atoms with E-state index in [0.717, 1.165) is 11.2 Å². The number of aromatic nitrogens is 2. The zero-order chi connectivity index (χ0) is 17.0. The minimum absolute atomic E-state index is 1.03. The Balaban J connectivity index is 1.91. The van der Waals surface area contributed by atoms with E-state index in [0.29, 0.717) is 0 Å². The molecule has 25 heavy (non-hydrogen) atoms. The third-order valence-corrected chi connectivity index (χ3v) is 5.87. The van der Waals surface area contributed by atoms with E-state index in [-0.39, 0.29) is 0 Å². The third-order valence-electron chi connectivity index (χ3n) is 4.64. The zero-order valence-corrected chi connectivity index (χ0v) is 14.9. The predicted molar refractivity (Wildman–Crippen MR) is 107 cm³/mol. The molecule has 120 valence electrons. The number of thiophene rings is 1. The molecule has 0 N–H and O–H groups in total. The first-order valence-corrected chi connectivity index (χ1v) is 9.16. The molecule has 5 aromatic rings. The lowest BCUT2D eigenvalue weighted by atomic mass is 10.0. The lowest BCUT2D eigenvalue weighted by molar-refractivity contribution is 1.23. The van der Waals surface area contributed by atoms with Gasteiger partial charge in [-0.05, 0) is 36.8 Å². The molecule has 0 unspecified atom stereocenters. The van der Waals surface area contributed by atoms with Crippen LogP contribution in [0.3, 0.4) is 0 Å². The Morgan fingerprint density at radius 2 is 1.56 bits per heavy atom. The van der Waals surface area contributed by atoms with Crippen LogP contribution in [-0.2, 0) is 0 Å². The van der Waals surface area contributed by atoms with Crippen LogP contribution in [0.2, 0.25) is 0 Å². The number of hydrogen-bond acceptors (Lipinski definition) is 3. The molecule has 2 nitrogen and oxygen atoms in total. The third kappa shape index (κ3) is 2.24. The first kappa shape index (κ1) is 14.6. The number of rotatable bonds is 1. The molecule has 5 rings (SSSR count). The zero-order valence-electron chi connectivity index (χ0n) is 14.1. The second-order valence-corrected chi connectivity index (χ2v) is 7.56. The number of benzene rings is 3. The van der Waals surface area contributed by atoms with Crippen LogP contribution in [0.15, 0.2) is 60.9 Å². The Labute approximate surface area is 149 Å². The maximum absolute atomic E-state index is 4.63. The van der Waals surface area contributed by atoms with Gasteiger partial charge in [0.15, 0.2) is 0 Å². The van der Waals surface area contributed by atoms with Crippen molar-refractivity contribution in [2.24, 2.45) is 0 Å². The van der Waals surface area contributed by atoms with Crippen molar-refractivity contribution in [1.29, 1.82) is 0 Å². The maximum Gasteiger partial charge on any atom is 0.116 e. The van der Waals surface area contributed by atoms with Gasteiger partial charge in [0, 0.05) is 15.6 Å². The molecule has 0 saturated carbocycles. The van der Waals surface area contributed by atoms with E-state index in [2.05, 4.69) is 78.4 Å². The molecule has 2 aromatic heterocycles. The highest BCUT2D eigenvalue weighted by Gasteiger charge is 2.14. The maximum atomic E-state index is 4.63. The van der Waals surface area contributed by atoms with Crippen molar-refractivity contribution in [3.8, 4) is 11.3 Å². The molecule has 0 fully saturated rings. The van der Waals surface area contributed by atoms with E-state index < -0.39 is 0 Å². The average Bonchev–Trinajstić information content (AvgIpc) is 3.00. The van der Waals surface area contributed by atoms with Gasteiger partial charge < -0.3 is 0 Å². The number of nitrogens with zero attached hydrogens (tertiary/aromatic N) is 2. The number of aryl methyl sites for hydroxylation is 2. The van der Waals surface area contributed by atoms with Crippen molar-refractivity contribution in [2.75, 3.05) is 0 Å². The highest BCUT2D eigenvalue weighted by atomic mass is 32.1. The second-order valence-electron chi connectivity index (χ2n) is 6.54. The highest BCUT2D eigenvalue weighted by Crippen LogP contribution is 2.40. The van der Waals surface area contributed by atoms with Crippen molar-refractivity contribution in [3.63, 3.8) is 0 Å². The van der Waals surface area contributed by atoms with Gasteiger partial charge in [-0.15, -0.1) is 11.3 Å². The Bertz CT molecular complexity index is 1250. The summed E-state index contributed by atoms with van der Waals surface area (Å²) < 4.78 is 2.46. The fourth-order valence-corrected chi connectivity index (χ4v) is 4.92. The summed E-state index contributed by atoms with van der Waals surface area (Å²) in [7, 11) is 0. The normalized spacial score (nSPS) is 11.6. The molecule has 0 aliphatic rings. The molecule has 0 spiro atoms. The summed E-state index contributed by atoms with van der Waals surface area (Å²) in [5.74, 6) is 0. The van der Waals surface area contributed by atoms with Gasteiger partial charge >= 0.3 is 0 Å². The second kappa shape index (κ2) is 5.36. The largest absolute Gasteiger partial charge is 0.235 e. The molecular formula is C22H16N2S. The molecule has 0 aliphatic heterocycles. The van der Waals surface area contributed by atoms with Gasteiger partial charge in [-0.25, -0.2) is 9.97 Å². The van der Waals surface area contributed by atoms with Gasteiger partial charge in [-0.2, -0.15) is 0 Å². The van der Waals surface area contributed by atoms with Gasteiger partial charge in [0.2, 0.25) is 0 Å². The predicted octanol–water partition coefficient (Wildman–Crippen LogP) is 6.28. The summed E-state index contributed by atoms with van der Waals surface area (Å²) in [5.41, 5.74) is 5.76. The fraction of sp³-hybridized carbons (Fsp3) is 0.0909. The van der Waals surface area contributed by atoms with Crippen molar-refractivity contribution in [2.45, 2.75) is 13.8 Å². The highest BCUT2D eigenvalue weighted by molar-refractivity contribution is 7.27. The molecule has 0 amide bonds. The summed E-state index contributed by atoms with van der Waals surface area (Å²) in [6.07, 6.45) is 1.69. The Morgan fingerprint density at radius 1 is 0.760 bits per heavy atom. The Morgan fingerprint density at radius 3 is 2.40 bits per heavy atom. The van der Waals surface area contributed by atoms with Crippen LogP contribution in [0.5, 0.6) is 0 Å². The van der Waals surface area contributed by atoms with E-state index in [9.17, 15) is 0 Å². The van der Waals surface area contributed by atoms with Crippen LogP contribution in [0, 0.1) is 13.8 Å². The first-order valence-electron chi connectivity index (χ1n) is 8.34. The van der Waals surface area contributed by atoms with Crippen molar-refractivity contribution < 1.29 is 0 Å². The molecule has 0 atom stereocenters. The summed E-state index contributed by atoms with van der Waals surface area (Å²) in [5, 5.41) is 3.77. The van der Waals surface area contributed by atoms with Crippen molar-refractivity contribution in [3.05, 3.63) is 72.1 Å². The summed E-state index contributed by atoms with van der Waals surface area (Å²) >= 11 is 1.80. The molecular weight excluding hydrogens is 324 g/mol. The van der Waals surface area contributed by atoms with E-state index >= 15 is 0 Å². The molecule has 2 heterocycles. The van der Waals surface area contributed by atoms with Gasteiger partial charge in [-0.3, -0.25) is 0 Å². The van der Waals surface area contributed by atoms with E-state index in [1.54, 1.807) is 17.7 Å². The molecule has 0 aliphatic carbocycles. The summed E-state index contributed by atoms with van der Waals surface area (Å²) in [4.78, 5) is 9.24. The lowest BCUT2D eigenvalue weighted by Gasteiger charge is -2.05. The SMILES string of the molecule is Cc1cc(C)cc(-c2ncnc3c2sc2c4ccccc4ccc32)c1. The quantitative estimate of drug-likeness (QED) is 0.359. The van der Waals surface area contributed by atoms with Crippen LogP contribution in [-0.4, -0.2) is 9.97 Å². The van der Waals surface area contributed by atoms with Crippen molar-refractivity contribution in [1.82, 2.24) is 9.97 Å². The monoisotopic (exact) mass is 340 g/mol. The molecule has 0 radical (unpaired) electrons. The Hall–Kier alpha value is -2.78. The first-order chi connectivity index (χ1) is 12.2. The molecule has 3 heteroatoms. The average molecular weight is 340 g/mol. The van der Waals surface area contributed by atoms with Gasteiger partial charge in [0.25, 0.3) is 0 Å². The van der Waals surface area contributed by atoms with Gasteiger partial charge in [0.1, 0.15) is 6.33 Å². The molecule has 0 bridgehead atoms. The number of fused-ring (bicyclic) bond motifs is 5. The lowest BCUT2D eigenvalue weighted by Crippen LogP contribution is -1.88. The fourth-order valence-electron chi connectivity index (χ4n) is 3.62. The number of hydrogen-bond donors (Lipinski definition) is 0. The van der Waals surface area contributed by atoms with E-state index in [4.69, 9.17) is 0 Å².